The monoisotopic (exact) mass is 860 g/mol. The van der Waals surface area contributed by atoms with E-state index >= 15 is 0 Å². The maximum absolute atomic E-state index is 5.78. The molecule has 10 atom stereocenters. The van der Waals surface area contributed by atoms with Gasteiger partial charge < -0.3 is 18.1 Å². The van der Waals surface area contributed by atoms with Gasteiger partial charge in [-0.1, -0.05) is 220 Å². The Balaban J connectivity index is 0. The molecule has 4 nitrogen and oxygen atoms in total. The number of unbranched alkanes of at least 4 members (excludes halogenated alkanes) is 12. The van der Waals surface area contributed by atoms with E-state index in [4.69, 9.17) is 18.1 Å². The minimum Gasteiger partial charge on any atom is -0.358 e. The van der Waals surface area contributed by atoms with Gasteiger partial charge in [-0.15, -0.1) is 0 Å². The number of allylic oxidation sites excluding steroid dienone is 10. The summed E-state index contributed by atoms with van der Waals surface area (Å²) in [5.41, 5.74) is 0. The molecule has 0 aliphatic carbocycles. The standard InChI is InChI=1S/2C22H41O2P3/c2*1-3-5-7-9-10-11-14-19-22(24-27-26)20-16-12-15-18-21(23-25)17-13-8-6-4-2/h2*10-12,14-16,18-19,21-22,27H,3-9,13,17,20,25-26H2,1-2H3/b11-10-,16-12-,18-15+,19-14+;. The van der Waals surface area contributed by atoms with Crippen LogP contribution in [-0.4, -0.2) is 24.4 Å². The second-order valence-corrected chi connectivity index (χ2v) is 16.2. The molecule has 0 aliphatic rings. The molecule has 0 heterocycles. The Morgan fingerprint density at radius 1 is 0.407 bits per heavy atom. The van der Waals surface area contributed by atoms with Crippen molar-refractivity contribution < 1.29 is 18.1 Å². The Morgan fingerprint density at radius 2 is 0.741 bits per heavy atom. The van der Waals surface area contributed by atoms with Gasteiger partial charge in [-0.05, 0) is 51.4 Å². The van der Waals surface area contributed by atoms with Crippen molar-refractivity contribution in [2.45, 2.75) is 181 Å². The second kappa shape index (κ2) is 49.5. The van der Waals surface area contributed by atoms with Crippen molar-refractivity contribution in [3.8, 4) is 0 Å². The lowest BCUT2D eigenvalue weighted by atomic mass is 10.1. The van der Waals surface area contributed by atoms with Crippen LogP contribution < -0.4 is 0 Å². The third-order valence-electron chi connectivity index (χ3n) is 8.45. The summed E-state index contributed by atoms with van der Waals surface area (Å²) in [4.78, 5) is 0. The Morgan fingerprint density at radius 3 is 1.07 bits per heavy atom. The van der Waals surface area contributed by atoms with Gasteiger partial charge >= 0.3 is 0 Å². The molecule has 0 saturated heterocycles. The van der Waals surface area contributed by atoms with E-state index in [0.717, 1.165) is 38.5 Å². The molecule has 0 aromatic heterocycles. The summed E-state index contributed by atoms with van der Waals surface area (Å²) in [6, 6.07) is 0. The van der Waals surface area contributed by atoms with Gasteiger partial charge in [0, 0.05) is 35.9 Å². The molecule has 0 aromatic carbocycles. The van der Waals surface area contributed by atoms with Crippen LogP contribution in [0.15, 0.2) is 97.2 Å². The third-order valence-corrected chi connectivity index (χ3v) is 10.8. The van der Waals surface area contributed by atoms with Crippen molar-refractivity contribution >= 4 is 53.8 Å². The van der Waals surface area contributed by atoms with Gasteiger partial charge in [0.2, 0.25) is 0 Å². The molecule has 10 heteroatoms. The molecule has 0 aromatic rings. The predicted molar refractivity (Wildman–Crippen MR) is 263 cm³/mol. The average Bonchev–Trinajstić information content (AvgIpc) is 3.18. The van der Waals surface area contributed by atoms with Gasteiger partial charge in [0.05, 0.1) is 24.4 Å². The second-order valence-electron chi connectivity index (χ2n) is 13.3. The summed E-state index contributed by atoms with van der Waals surface area (Å²) in [7, 11) is 10.9. The first-order valence-corrected chi connectivity index (χ1v) is 27.2. The Bertz CT molecular complexity index is 918. The van der Waals surface area contributed by atoms with E-state index in [0.29, 0.717) is 17.0 Å². The van der Waals surface area contributed by atoms with Crippen molar-refractivity contribution in [3.05, 3.63) is 97.2 Å². The summed E-state index contributed by atoms with van der Waals surface area (Å²) in [5.74, 6) is 0. The zero-order chi connectivity index (χ0) is 40.0. The molecule has 0 saturated carbocycles. The Kier molecular flexibility index (Phi) is 51.7. The lowest BCUT2D eigenvalue weighted by Gasteiger charge is -2.10. The number of hydrogen-bond donors (Lipinski definition) is 0. The smallest absolute Gasteiger partial charge is 0.0836 e. The van der Waals surface area contributed by atoms with Gasteiger partial charge in [-0.25, -0.2) is 0 Å². The summed E-state index contributed by atoms with van der Waals surface area (Å²) in [6.07, 6.45) is 59.1. The van der Waals surface area contributed by atoms with Gasteiger partial charge in [0.1, 0.15) is 0 Å². The lowest BCUT2D eigenvalue weighted by molar-refractivity contribution is 0.274. The topological polar surface area (TPSA) is 36.9 Å². The molecule has 0 spiro atoms. The highest BCUT2D eigenvalue weighted by atomic mass is 32.0. The summed E-state index contributed by atoms with van der Waals surface area (Å²) >= 11 is 0. The maximum Gasteiger partial charge on any atom is 0.0836 e. The van der Waals surface area contributed by atoms with E-state index in [2.05, 4.69) is 162 Å². The molecule has 0 aliphatic heterocycles. The maximum atomic E-state index is 5.78. The number of rotatable bonds is 36. The first-order valence-electron chi connectivity index (χ1n) is 20.8. The fraction of sp³-hybridized carbons (Fsp3) is 0.636. The zero-order valence-electron chi connectivity index (χ0n) is 34.6. The Hall–Kier alpha value is 0.340. The molecule has 0 amide bonds. The SMILES string of the molecule is CCCCC/C=C\C=C\C(C/C=C\C=C\C(CCCCCC)OP)OPP.CCCCCC=CC=CC(CC=CC=CC(CCCCCC)OP)OPP. The molecule has 0 radical (unpaired) electrons. The van der Waals surface area contributed by atoms with Gasteiger partial charge in [0.15, 0.2) is 0 Å². The van der Waals surface area contributed by atoms with Crippen LogP contribution in [0.5, 0.6) is 0 Å². The highest BCUT2D eigenvalue weighted by Crippen LogP contribution is 2.26. The molecular formula is C44H82O4P6. The van der Waals surface area contributed by atoms with Gasteiger partial charge in [-0.3, -0.25) is 0 Å². The van der Waals surface area contributed by atoms with Crippen LogP contribution in [0.3, 0.4) is 0 Å². The minimum atomic E-state index is 0.133. The first kappa shape index (κ1) is 56.4. The van der Waals surface area contributed by atoms with Crippen LogP contribution in [0.1, 0.15) is 156 Å². The molecule has 0 fully saturated rings. The molecular weight excluding hydrogens is 778 g/mol. The van der Waals surface area contributed by atoms with E-state index < -0.39 is 0 Å². The highest BCUT2D eigenvalue weighted by molar-refractivity contribution is 8.00. The summed E-state index contributed by atoms with van der Waals surface area (Å²) < 4.78 is 22.5. The third kappa shape index (κ3) is 43.5. The fourth-order valence-electron chi connectivity index (χ4n) is 5.18. The van der Waals surface area contributed by atoms with Crippen molar-refractivity contribution in [1.82, 2.24) is 0 Å². The average molecular weight is 861 g/mol. The molecule has 0 N–H and O–H groups in total. The van der Waals surface area contributed by atoms with Crippen molar-refractivity contribution in [2.75, 3.05) is 0 Å². The van der Waals surface area contributed by atoms with E-state index in [9.17, 15) is 0 Å². The van der Waals surface area contributed by atoms with Crippen molar-refractivity contribution in [3.63, 3.8) is 0 Å². The summed E-state index contributed by atoms with van der Waals surface area (Å²) in [5, 5.41) is 0. The quantitative estimate of drug-likeness (QED) is 0.0357. The minimum absolute atomic E-state index is 0.133. The predicted octanol–water partition coefficient (Wildman–Crippen LogP) is 16.2. The molecule has 54 heavy (non-hydrogen) atoms. The van der Waals surface area contributed by atoms with Crippen LogP contribution in [0.2, 0.25) is 0 Å². The molecule has 0 bridgehead atoms. The van der Waals surface area contributed by atoms with Crippen LogP contribution in [0.25, 0.3) is 0 Å². The largest absolute Gasteiger partial charge is 0.358 e. The molecule has 0 rings (SSSR count). The van der Waals surface area contributed by atoms with Crippen molar-refractivity contribution in [2.24, 2.45) is 0 Å². The van der Waals surface area contributed by atoms with Crippen LogP contribution in [-0.2, 0) is 18.1 Å². The van der Waals surface area contributed by atoms with E-state index in [1.54, 1.807) is 0 Å². The van der Waals surface area contributed by atoms with Crippen LogP contribution in [0, 0.1) is 0 Å². The van der Waals surface area contributed by atoms with Gasteiger partial charge in [-0.2, -0.15) is 0 Å². The zero-order valence-corrected chi connectivity index (χ0v) is 41.3. The Labute approximate surface area is 348 Å². The fourth-order valence-corrected chi connectivity index (χ4v) is 7.38. The molecule has 10 unspecified atom stereocenters. The van der Waals surface area contributed by atoms with Crippen LogP contribution >= 0.6 is 53.8 Å². The van der Waals surface area contributed by atoms with E-state index in [1.165, 1.54) is 89.9 Å². The first-order chi connectivity index (χ1) is 26.6. The normalized spacial score (nSPS) is 15.4. The van der Waals surface area contributed by atoms with Gasteiger partial charge in [0.25, 0.3) is 0 Å². The van der Waals surface area contributed by atoms with Crippen molar-refractivity contribution in [1.29, 1.82) is 0 Å². The lowest BCUT2D eigenvalue weighted by Crippen LogP contribution is -2.03. The van der Waals surface area contributed by atoms with E-state index in [-0.39, 0.29) is 24.4 Å². The summed E-state index contributed by atoms with van der Waals surface area (Å²) in [6.45, 7) is 8.95. The van der Waals surface area contributed by atoms with E-state index in [1.807, 2.05) is 0 Å². The number of hydrogen-bond acceptors (Lipinski definition) is 4. The van der Waals surface area contributed by atoms with Crippen LogP contribution in [0.4, 0.5) is 0 Å². The molecule has 312 valence electrons. The highest BCUT2D eigenvalue weighted by Gasteiger charge is 2.04.